The van der Waals surface area contributed by atoms with Crippen LogP contribution in [0.2, 0.25) is 0 Å². The fraction of sp³-hybridized carbons (Fsp3) is 0.600. The summed E-state index contributed by atoms with van der Waals surface area (Å²) in [6, 6.07) is -0.823. The molecular weight excluding hydrogens is 149 g/mol. The molecule has 0 radical (unpaired) electrons. The van der Waals surface area contributed by atoms with Gasteiger partial charge in [0.1, 0.15) is 6.04 Å². The summed E-state index contributed by atoms with van der Waals surface area (Å²) in [5.74, 6) is -1.55. The summed E-state index contributed by atoms with van der Waals surface area (Å²) in [6.45, 7) is 0. The van der Waals surface area contributed by atoms with Gasteiger partial charge in [0, 0.05) is 6.42 Å². The van der Waals surface area contributed by atoms with E-state index in [9.17, 15) is 9.59 Å². The Morgan fingerprint density at radius 3 is 2.55 bits per heavy atom. The largest absolute Gasteiger partial charge is 0.542 e. The average molecular weight is 159 g/mol. The van der Waals surface area contributed by atoms with Crippen molar-refractivity contribution in [3.05, 3.63) is 0 Å². The zero-order valence-electron chi connectivity index (χ0n) is 6.24. The molecule has 0 rings (SSSR count). The van der Waals surface area contributed by atoms with Gasteiger partial charge in [-0.1, -0.05) is 0 Å². The molecule has 5 nitrogen and oxygen atoms in total. The van der Waals surface area contributed by atoms with Gasteiger partial charge in [0.15, 0.2) is 0 Å². The maximum atomic E-state index is 10.6. The van der Waals surface area contributed by atoms with Gasteiger partial charge in [0.2, 0.25) is 0 Å². The minimum Gasteiger partial charge on any atom is -0.542 e. The van der Waals surface area contributed by atoms with Crippen LogP contribution in [0.4, 0.5) is 0 Å². The van der Waals surface area contributed by atoms with E-state index in [0.29, 0.717) is 0 Å². The minimum absolute atomic E-state index is 0.113. The van der Waals surface area contributed by atoms with Gasteiger partial charge < -0.3 is 15.5 Å². The second-order valence-corrected chi connectivity index (χ2v) is 2.06. The SMILES string of the molecule is BOC(=O)[C@H](N)CCC(=O)O. The van der Waals surface area contributed by atoms with E-state index in [1.807, 2.05) is 0 Å². The van der Waals surface area contributed by atoms with Crippen LogP contribution in [-0.2, 0) is 14.2 Å². The normalized spacial score (nSPS) is 12.1. The molecule has 0 amide bonds. The highest BCUT2D eigenvalue weighted by atomic mass is 16.5. The summed E-state index contributed by atoms with van der Waals surface area (Å²) in [6.07, 6.45) is -0.00171. The minimum atomic E-state index is -0.968. The number of aliphatic carboxylic acids is 1. The lowest BCUT2D eigenvalue weighted by Gasteiger charge is -2.06. The molecule has 0 saturated carbocycles. The second kappa shape index (κ2) is 4.73. The number of carboxylic acids is 1. The number of rotatable bonds is 4. The summed E-state index contributed by atoms with van der Waals surface area (Å²) < 4.78 is 4.29. The number of carbonyl (C=O) groups is 2. The van der Waals surface area contributed by atoms with Crippen molar-refractivity contribution in [3.63, 3.8) is 0 Å². The molecule has 0 aliphatic heterocycles. The first-order chi connectivity index (χ1) is 5.07. The second-order valence-electron chi connectivity index (χ2n) is 2.06. The van der Waals surface area contributed by atoms with Crippen LogP contribution in [-0.4, -0.2) is 31.1 Å². The first-order valence-corrected chi connectivity index (χ1v) is 3.13. The van der Waals surface area contributed by atoms with E-state index in [1.54, 1.807) is 0 Å². The van der Waals surface area contributed by atoms with Crippen LogP contribution in [0.1, 0.15) is 12.8 Å². The predicted molar refractivity (Wildman–Crippen MR) is 39.5 cm³/mol. The molecule has 0 aliphatic carbocycles. The van der Waals surface area contributed by atoms with Crippen molar-refractivity contribution in [2.75, 3.05) is 0 Å². The smallest absolute Gasteiger partial charge is 0.326 e. The Balaban J connectivity index is 3.60. The van der Waals surface area contributed by atoms with Gasteiger partial charge >= 0.3 is 20.0 Å². The maximum absolute atomic E-state index is 10.6. The number of hydrogen-bond acceptors (Lipinski definition) is 4. The first kappa shape index (κ1) is 9.96. The van der Waals surface area contributed by atoms with E-state index in [1.165, 1.54) is 8.05 Å². The lowest BCUT2D eigenvalue weighted by Crippen LogP contribution is -2.32. The molecule has 6 heteroatoms. The Morgan fingerprint density at radius 2 is 2.18 bits per heavy atom. The van der Waals surface area contributed by atoms with Gasteiger partial charge in [0.05, 0.1) is 0 Å². The van der Waals surface area contributed by atoms with E-state index >= 15 is 0 Å². The molecule has 0 fully saturated rings. The summed E-state index contributed by atoms with van der Waals surface area (Å²) in [4.78, 5) is 20.6. The molecule has 0 aromatic heterocycles. The van der Waals surface area contributed by atoms with Gasteiger partial charge in [-0.25, -0.2) is 0 Å². The molecule has 11 heavy (non-hydrogen) atoms. The highest BCUT2D eigenvalue weighted by Crippen LogP contribution is 1.95. The summed E-state index contributed by atoms with van der Waals surface area (Å²) in [5, 5.41) is 8.21. The van der Waals surface area contributed by atoms with Crippen molar-refractivity contribution in [1.82, 2.24) is 0 Å². The van der Waals surface area contributed by atoms with E-state index in [0.717, 1.165) is 0 Å². The summed E-state index contributed by atoms with van der Waals surface area (Å²) in [5.41, 5.74) is 5.24. The summed E-state index contributed by atoms with van der Waals surface area (Å²) in [7, 11) is 1.21. The number of hydrogen-bond donors (Lipinski definition) is 2. The van der Waals surface area contributed by atoms with Gasteiger partial charge in [-0.2, -0.15) is 0 Å². The van der Waals surface area contributed by atoms with Crippen LogP contribution in [0.15, 0.2) is 0 Å². The molecule has 0 heterocycles. The maximum Gasteiger partial charge on any atom is 0.326 e. The van der Waals surface area contributed by atoms with Crippen LogP contribution >= 0.6 is 0 Å². The van der Waals surface area contributed by atoms with Gasteiger partial charge in [-0.3, -0.25) is 9.59 Å². The highest BCUT2D eigenvalue weighted by molar-refractivity contribution is 6.06. The van der Waals surface area contributed by atoms with Gasteiger partial charge in [-0.15, -0.1) is 0 Å². The average Bonchev–Trinajstić information content (AvgIpc) is 1.98. The zero-order chi connectivity index (χ0) is 8.85. The van der Waals surface area contributed by atoms with Gasteiger partial charge in [0.25, 0.3) is 0 Å². The van der Waals surface area contributed by atoms with Crippen LogP contribution in [0.5, 0.6) is 0 Å². The van der Waals surface area contributed by atoms with E-state index in [2.05, 4.69) is 4.65 Å². The quantitative estimate of drug-likeness (QED) is 0.475. The zero-order valence-corrected chi connectivity index (χ0v) is 6.24. The standard InChI is InChI=1S/C5H10BNO4/c6-11-5(10)3(7)1-2-4(8)9/h3H,1-2,6-7H2,(H,8,9)/t3-/m1/s1. The third-order valence-corrected chi connectivity index (χ3v) is 1.17. The molecule has 3 N–H and O–H groups in total. The molecule has 0 saturated heterocycles. The van der Waals surface area contributed by atoms with Crippen molar-refractivity contribution in [3.8, 4) is 0 Å². The van der Waals surface area contributed by atoms with Crippen molar-refractivity contribution < 1.29 is 19.3 Å². The van der Waals surface area contributed by atoms with Crippen LogP contribution < -0.4 is 5.73 Å². The van der Waals surface area contributed by atoms with Crippen molar-refractivity contribution in [2.45, 2.75) is 18.9 Å². The Morgan fingerprint density at radius 1 is 1.64 bits per heavy atom. The van der Waals surface area contributed by atoms with Gasteiger partial charge in [-0.05, 0) is 6.42 Å². The molecule has 62 valence electrons. The third-order valence-electron chi connectivity index (χ3n) is 1.17. The molecule has 0 bridgehead atoms. The van der Waals surface area contributed by atoms with E-state index < -0.39 is 18.0 Å². The predicted octanol–water partition coefficient (Wildman–Crippen LogP) is -1.73. The third kappa shape index (κ3) is 4.38. The molecule has 0 spiro atoms. The van der Waals surface area contributed by atoms with Crippen molar-refractivity contribution in [2.24, 2.45) is 5.73 Å². The monoisotopic (exact) mass is 159 g/mol. The highest BCUT2D eigenvalue weighted by Gasteiger charge is 2.13. The van der Waals surface area contributed by atoms with Crippen molar-refractivity contribution >= 4 is 20.0 Å². The molecular formula is C5H10BNO4. The van der Waals surface area contributed by atoms with Crippen LogP contribution in [0.3, 0.4) is 0 Å². The van der Waals surface area contributed by atoms with Crippen LogP contribution in [0, 0.1) is 0 Å². The van der Waals surface area contributed by atoms with E-state index in [-0.39, 0.29) is 12.8 Å². The Hall–Kier alpha value is -1.04. The van der Waals surface area contributed by atoms with E-state index in [4.69, 9.17) is 10.8 Å². The van der Waals surface area contributed by atoms with Crippen LogP contribution in [0.25, 0.3) is 0 Å². The Bertz CT molecular complexity index is 161. The number of carboxylic acid groups (broad SMARTS) is 1. The first-order valence-electron chi connectivity index (χ1n) is 3.13. The number of nitrogens with two attached hydrogens (primary N) is 1. The topological polar surface area (TPSA) is 89.6 Å². The Labute approximate surface area is 65.0 Å². The number of carbonyl (C=O) groups excluding carboxylic acids is 1. The molecule has 0 aromatic carbocycles. The Kier molecular flexibility index (Phi) is 4.29. The lowest BCUT2D eigenvalue weighted by atomic mass is 10.2. The van der Waals surface area contributed by atoms with Crippen molar-refractivity contribution in [1.29, 1.82) is 0 Å². The molecule has 0 aliphatic rings. The fourth-order valence-corrected chi connectivity index (χ4v) is 0.548. The summed E-state index contributed by atoms with van der Waals surface area (Å²) >= 11 is 0. The lowest BCUT2D eigenvalue weighted by molar-refractivity contribution is -0.138. The molecule has 0 aromatic rings. The fourth-order valence-electron chi connectivity index (χ4n) is 0.548. The molecule has 1 atom stereocenters. The molecule has 0 unspecified atom stereocenters.